The predicted molar refractivity (Wildman–Crippen MR) is 73.2 cm³/mol. The number of nitrogens with one attached hydrogen (secondary N) is 1. The van der Waals surface area contributed by atoms with Gasteiger partial charge in [-0.05, 0) is 12.3 Å². The molecule has 1 heterocycles. The van der Waals surface area contributed by atoms with E-state index in [1.807, 2.05) is 20.8 Å². The van der Waals surface area contributed by atoms with Gasteiger partial charge in [0.25, 0.3) is 0 Å². The summed E-state index contributed by atoms with van der Waals surface area (Å²) in [6, 6.07) is -0.233. The van der Waals surface area contributed by atoms with Crippen LogP contribution in [-0.4, -0.2) is 32.5 Å². The van der Waals surface area contributed by atoms with E-state index in [9.17, 15) is 15.2 Å². The SMILES string of the molecule is CCCc1nn(C)c(NC(CO)C(C)C)c1[N+](=O)[O-]. The molecular formula is C12H22N4O3. The number of aryl methyl sites for hydroxylation is 2. The first-order valence-corrected chi connectivity index (χ1v) is 6.50. The van der Waals surface area contributed by atoms with Gasteiger partial charge in [-0.25, -0.2) is 4.68 Å². The van der Waals surface area contributed by atoms with E-state index in [2.05, 4.69) is 10.4 Å². The van der Waals surface area contributed by atoms with Gasteiger partial charge in [-0.2, -0.15) is 5.10 Å². The Morgan fingerprint density at radius 2 is 2.16 bits per heavy atom. The van der Waals surface area contributed by atoms with Gasteiger partial charge in [0.05, 0.1) is 17.6 Å². The second kappa shape index (κ2) is 6.51. The summed E-state index contributed by atoms with van der Waals surface area (Å²) >= 11 is 0. The monoisotopic (exact) mass is 270 g/mol. The molecule has 1 unspecified atom stereocenters. The van der Waals surface area contributed by atoms with Gasteiger partial charge in [0.15, 0.2) is 0 Å². The highest BCUT2D eigenvalue weighted by molar-refractivity contribution is 5.60. The molecule has 7 nitrogen and oxygen atoms in total. The lowest BCUT2D eigenvalue weighted by Gasteiger charge is -2.20. The lowest BCUT2D eigenvalue weighted by atomic mass is 10.1. The van der Waals surface area contributed by atoms with Gasteiger partial charge in [-0.15, -0.1) is 0 Å². The van der Waals surface area contributed by atoms with Crippen LogP contribution in [0.15, 0.2) is 0 Å². The van der Waals surface area contributed by atoms with Gasteiger partial charge in [0, 0.05) is 7.05 Å². The minimum Gasteiger partial charge on any atom is -0.394 e. The van der Waals surface area contributed by atoms with E-state index >= 15 is 0 Å². The normalized spacial score (nSPS) is 12.7. The quantitative estimate of drug-likeness (QED) is 0.581. The Balaban J connectivity index is 3.15. The molecule has 0 aliphatic rings. The molecule has 19 heavy (non-hydrogen) atoms. The molecule has 0 aliphatic carbocycles. The smallest absolute Gasteiger partial charge is 0.334 e. The Bertz CT molecular complexity index is 442. The van der Waals surface area contributed by atoms with Gasteiger partial charge in [0.1, 0.15) is 5.69 Å². The zero-order valence-corrected chi connectivity index (χ0v) is 11.9. The molecule has 0 amide bonds. The van der Waals surface area contributed by atoms with Crippen LogP contribution in [0.4, 0.5) is 11.5 Å². The molecule has 0 aromatic carbocycles. The summed E-state index contributed by atoms with van der Waals surface area (Å²) in [7, 11) is 1.67. The van der Waals surface area contributed by atoms with Crippen LogP contribution in [0.5, 0.6) is 0 Å². The third kappa shape index (κ3) is 3.44. The largest absolute Gasteiger partial charge is 0.394 e. The molecule has 7 heteroatoms. The number of aliphatic hydroxyl groups is 1. The van der Waals surface area contributed by atoms with E-state index in [1.54, 1.807) is 7.05 Å². The first-order chi connectivity index (χ1) is 8.92. The topological polar surface area (TPSA) is 93.2 Å². The van der Waals surface area contributed by atoms with E-state index in [0.717, 1.165) is 6.42 Å². The minimum atomic E-state index is -0.408. The summed E-state index contributed by atoms with van der Waals surface area (Å²) in [6.45, 7) is 5.77. The maximum Gasteiger partial charge on any atom is 0.334 e. The number of aromatic nitrogens is 2. The summed E-state index contributed by atoms with van der Waals surface area (Å²) in [4.78, 5) is 10.8. The second-order valence-electron chi connectivity index (χ2n) is 4.95. The van der Waals surface area contributed by atoms with E-state index in [4.69, 9.17) is 0 Å². The summed E-state index contributed by atoms with van der Waals surface area (Å²) in [6.07, 6.45) is 1.36. The van der Waals surface area contributed by atoms with Crippen molar-refractivity contribution in [3.63, 3.8) is 0 Å². The number of nitro groups is 1. The highest BCUT2D eigenvalue weighted by Crippen LogP contribution is 2.30. The number of aliphatic hydroxyl groups excluding tert-OH is 1. The lowest BCUT2D eigenvalue weighted by Crippen LogP contribution is -2.30. The van der Waals surface area contributed by atoms with Crippen LogP contribution in [0.1, 0.15) is 32.9 Å². The van der Waals surface area contributed by atoms with Gasteiger partial charge in [-0.3, -0.25) is 10.1 Å². The van der Waals surface area contributed by atoms with Crippen molar-refractivity contribution in [3.8, 4) is 0 Å². The highest BCUT2D eigenvalue weighted by atomic mass is 16.6. The highest BCUT2D eigenvalue weighted by Gasteiger charge is 2.28. The first kappa shape index (κ1) is 15.4. The summed E-state index contributed by atoms with van der Waals surface area (Å²) in [5.74, 6) is 0.523. The molecule has 1 atom stereocenters. The van der Waals surface area contributed by atoms with E-state index in [-0.39, 0.29) is 24.3 Å². The fourth-order valence-electron chi connectivity index (χ4n) is 1.93. The molecule has 108 valence electrons. The molecule has 1 rings (SSSR count). The Morgan fingerprint density at radius 3 is 2.58 bits per heavy atom. The van der Waals surface area contributed by atoms with Gasteiger partial charge >= 0.3 is 5.69 Å². The molecule has 1 aromatic rings. The number of rotatable bonds is 7. The second-order valence-corrected chi connectivity index (χ2v) is 4.95. The molecule has 0 aliphatic heterocycles. The van der Waals surface area contributed by atoms with Crippen molar-refractivity contribution in [2.24, 2.45) is 13.0 Å². The van der Waals surface area contributed by atoms with E-state index in [0.29, 0.717) is 17.9 Å². The molecular weight excluding hydrogens is 248 g/mol. The molecule has 0 saturated carbocycles. The van der Waals surface area contributed by atoms with Crippen molar-refractivity contribution < 1.29 is 10.0 Å². The Kier molecular flexibility index (Phi) is 5.29. The van der Waals surface area contributed by atoms with Gasteiger partial charge in [0.2, 0.25) is 5.82 Å². The van der Waals surface area contributed by atoms with Crippen molar-refractivity contribution in [3.05, 3.63) is 15.8 Å². The van der Waals surface area contributed by atoms with Gasteiger partial charge < -0.3 is 10.4 Å². The molecule has 0 saturated heterocycles. The molecule has 0 spiro atoms. The fourth-order valence-corrected chi connectivity index (χ4v) is 1.93. The number of nitrogens with zero attached hydrogens (tertiary/aromatic N) is 3. The van der Waals surface area contributed by atoms with Crippen LogP contribution in [0.2, 0.25) is 0 Å². The average molecular weight is 270 g/mol. The van der Waals surface area contributed by atoms with Crippen molar-refractivity contribution in [1.29, 1.82) is 0 Å². The third-order valence-electron chi connectivity index (χ3n) is 3.08. The zero-order chi connectivity index (χ0) is 14.6. The van der Waals surface area contributed by atoms with Crippen molar-refractivity contribution in [2.45, 2.75) is 39.7 Å². The van der Waals surface area contributed by atoms with Crippen LogP contribution >= 0.6 is 0 Å². The van der Waals surface area contributed by atoms with Crippen LogP contribution in [0.25, 0.3) is 0 Å². The maximum atomic E-state index is 11.2. The van der Waals surface area contributed by atoms with Crippen LogP contribution in [0, 0.1) is 16.0 Å². The molecule has 0 bridgehead atoms. The van der Waals surface area contributed by atoms with Crippen LogP contribution in [0.3, 0.4) is 0 Å². The standard InChI is InChI=1S/C12H22N4O3/c1-5-6-9-11(16(18)19)12(15(4)14-9)13-10(7-17)8(2)3/h8,10,13,17H,5-7H2,1-4H3. The first-order valence-electron chi connectivity index (χ1n) is 6.50. The van der Waals surface area contributed by atoms with Crippen LogP contribution < -0.4 is 5.32 Å². The molecule has 1 aromatic heterocycles. The minimum absolute atomic E-state index is 0.0171. The number of hydrogen-bond donors (Lipinski definition) is 2. The van der Waals surface area contributed by atoms with Crippen molar-refractivity contribution in [2.75, 3.05) is 11.9 Å². The summed E-state index contributed by atoms with van der Waals surface area (Å²) < 4.78 is 1.48. The summed E-state index contributed by atoms with van der Waals surface area (Å²) in [5, 5.41) is 27.8. The molecule has 0 fully saturated rings. The fraction of sp³-hybridized carbons (Fsp3) is 0.750. The average Bonchev–Trinajstić information content (AvgIpc) is 2.62. The van der Waals surface area contributed by atoms with Crippen molar-refractivity contribution >= 4 is 11.5 Å². The summed E-state index contributed by atoms with van der Waals surface area (Å²) in [5.41, 5.74) is 0.501. The third-order valence-corrected chi connectivity index (χ3v) is 3.08. The van der Waals surface area contributed by atoms with E-state index in [1.165, 1.54) is 4.68 Å². The maximum absolute atomic E-state index is 11.2. The zero-order valence-electron chi connectivity index (χ0n) is 11.9. The Hall–Kier alpha value is -1.63. The van der Waals surface area contributed by atoms with Gasteiger partial charge in [-0.1, -0.05) is 27.2 Å². The molecule has 0 radical (unpaired) electrons. The Morgan fingerprint density at radius 1 is 1.53 bits per heavy atom. The molecule has 2 N–H and O–H groups in total. The van der Waals surface area contributed by atoms with E-state index < -0.39 is 4.92 Å². The predicted octanol–water partition coefficient (Wildman–Crippen LogP) is 1.71. The lowest BCUT2D eigenvalue weighted by molar-refractivity contribution is -0.384. The number of hydrogen-bond acceptors (Lipinski definition) is 5. The number of anilines is 1. The van der Waals surface area contributed by atoms with Crippen molar-refractivity contribution in [1.82, 2.24) is 9.78 Å². The van der Waals surface area contributed by atoms with Crippen LogP contribution in [-0.2, 0) is 13.5 Å². The Labute approximate surface area is 112 Å².